The number of benzene rings is 3. The largest absolute Gasteiger partial charge is 0.489 e. The lowest BCUT2D eigenvalue weighted by Gasteiger charge is -2.11. The van der Waals surface area contributed by atoms with E-state index < -0.39 is 6.03 Å². The highest BCUT2D eigenvalue weighted by atomic mass is 127. The van der Waals surface area contributed by atoms with E-state index in [0.717, 1.165) is 22.4 Å². The van der Waals surface area contributed by atoms with E-state index in [2.05, 4.69) is 27.9 Å². The van der Waals surface area contributed by atoms with Crippen LogP contribution in [0.25, 0.3) is 6.08 Å². The highest BCUT2D eigenvalue weighted by Crippen LogP contribution is 2.19. The first-order chi connectivity index (χ1) is 14.6. The number of halogens is 1. The normalized spacial score (nSPS) is 14.8. The van der Waals surface area contributed by atoms with Gasteiger partial charge in [0, 0.05) is 3.57 Å². The van der Waals surface area contributed by atoms with Gasteiger partial charge in [-0.05, 0) is 69.6 Å². The molecule has 1 aliphatic heterocycles. The molecule has 1 N–H and O–H groups in total. The van der Waals surface area contributed by atoms with Crippen LogP contribution in [0.2, 0.25) is 0 Å². The molecule has 0 bridgehead atoms. The summed E-state index contributed by atoms with van der Waals surface area (Å²) in [6.07, 6.45) is 1.67. The topological polar surface area (TPSA) is 58.6 Å². The van der Waals surface area contributed by atoms with Crippen LogP contribution in [0, 0.1) is 3.57 Å². The number of nitrogens with one attached hydrogen (secondary N) is 1. The number of rotatable bonds is 6. The van der Waals surface area contributed by atoms with E-state index in [1.807, 2.05) is 78.9 Å². The van der Waals surface area contributed by atoms with Gasteiger partial charge in [0.15, 0.2) is 0 Å². The van der Waals surface area contributed by atoms with E-state index in [9.17, 15) is 9.59 Å². The lowest BCUT2D eigenvalue weighted by atomic mass is 10.1. The molecular weight excluding hydrogens is 491 g/mol. The molecule has 3 aromatic carbocycles. The smallest absolute Gasteiger partial charge is 0.329 e. The first kappa shape index (κ1) is 20.2. The Hall–Kier alpha value is -3.13. The van der Waals surface area contributed by atoms with Crippen molar-refractivity contribution in [3.05, 3.63) is 105 Å². The average Bonchev–Trinajstić information content (AvgIpc) is 3.02. The number of nitrogens with zero attached hydrogens (tertiary/aromatic N) is 1. The third-order valence-electron chi connectivity index (χ3n) is 4.66. The fourth-order valence-electron chi connectivity index (χ4n) is 3.06. The van der Waals surface area contributed by atoms with Crippen LogP contribution in [0.15, 0.2) is 84.6 Å². The standard InChI is InChI=1S/C24H19IN2O3/c25-20-10-6-19(7-11-20)16-30-21-12-8-17(9-13-21)14-22-23(28)27(24(29)26-22)15-18-4-2-1-3-5-18/h1-14H,15-16H2,(H,26,29)/b22-14+. The first-order valence-corrected chi connectivity index (χ1v) is 10.5. The molecule has 3 aromatic rings. The Morgan fingerprint density at radius 2 is 1.57 bits per heavy atom. The van der Waals surface area contributed by atoms with Gasteiger partial charge in [0.05, 0.1) is 6.54 Å². The molecule has 0 radical (unpaired) electrons. The quantitative estimate of drug-likeness (QED) is 0.290. The van der Waals surface area contributed by atoms with Crippen LogP contribution < -0.4 is 10.1 Å². The van der Waals surface area contributed by atoms with Crippen molar-refractivity contribution in [2.75, 3.05) is 0 Å². The molecule has 1 aliphatic rings. The number of amides is 3. The van der Waals surface area contributed by atoms with E-state index in [1.165, 1.54) is 8.47 Å². The SMILES string of the molecule is O=C1N/C(=C/c2ccc(OCc3ccc(I)cc3)cc2)C(=O)N1Cc1ccccc1. The van der Waals surface area contributed by atoms with Gasteiger partial charge in [-0.1, -0.05) is 54.6 Å². The highest BCUT2D eigenvalue weighted by Gasteiger charge is 2.33. The maximum absolute atomic E-state index is 12.6. The van der Waals surface area contributed by atoms with Crippen LogP contribution in [0.4, 0.5) is 4.79 Å². The third kappa shape index (κ3) is 4.88. The number of hydrogen-bond donors (Lipinski definition) is 1. The van der Waals surface area contributed by atoms with Gasteiger partial charge in [0.1, 0.15) is 18.1 Å². The fourth-order valence-corrected chi connectivity index (χ4v) is 3.42. The number of ether oxygens (including phenoxy) is 1. The summed E-state index contributed by atoms with van der Waals surface area (Å²) in [7, 11) is 0. The summed E-state index contributed by atoms with van der Waals surface area (Å²) in [4.78, 5) is 26.0. The minimum atomic E-state index is -0.410. The fraction of sp³-hybridized carbons (Fsp3) is 0.0833. The number of carbonyl (C=O) groups excluding carboxylic acids is 2. The Kier molecular flexibility index (Phi) is 6.13. The number of urea groups is 1. The molecule has 4 rings (SSSR count). The van der Waals surface area contributed by atoms with Gasteiger partial charge < -0.3 is 10.1 Å². The maximum atomic E-state index is 12.6. The van der Waals surface area contributed by atoms with Crippen molar-refractivity contribution in [1.82, 2.24) is 10.2 Å². The zero-order valence-electron chi connectivity index (χ0n) is 16.0. The Labute approximate surface area is 188 Å². The van der Waals surface area contributed by atoms with E-state index in [-0.39, 0.29) is 18.1 Å². The molecule has 6 heteroatoms. The van der Waals surface area contributed by atoms with Crippen LogP contribution in [0.1, 0.15) is 16.7 Å². The van der Waals surface area contributed by atoms with Crippen molar-refractivity contribution in [2.45, 2.75) is 13.2 Å². The molecule has 0 spiro atoms. The molecule has 1 heterocycles. The van der Waals surface area contributed by atoms with Crippen molar-refractivity contribution in [3.63, 3.8) is 0 Å². The van der Waals surface area contributed by atoms with Crippen LogP contribution >= 0.6 is 22.6 Å². The molecule has 0 atom stereocenters. The minimum Gasteiger partial charge on any atom is -0.489 e. The van der Waals surface area contributed by atoms with Gasteiger partial charge in [-0.2, -0.15) is 0 Å². The first-order valence-electron chi connectivity index (χ1n) is 9.44. The van der Waals surface area contributed by atoms with Gasteiger partial charge in [-0.25, -0.2) is 4.79 Å². The molecule has 0 unspecified atom stereocenters. The monoisotopic (exact) mass is 510 g/mol. The maximum Gasteiger partial charge on any atom is 0.329 e. The van der Waals surface area contributed by atoms with Crippen LogP contribution in [-0.4, -0.2) is 16.8 Å². The van der Waals surface area contributed by atoms with Crippen LogP contribution in [0.3, 0.4) is 0 Å². The second-order valence-electron chi connectivity index (χ2n) is 6.85. The predicted octanol–water partition coefficient (Wildman–Crippen LogP) is 4.96. The number of carbonyl (C=O) groups is 2. The van der Waals surface area contributed by atoms with Crippen molar-refractivity contribution in [2.24, 2.45) is 0 Å². The molecule has 3 amide bonds. The molecule has 5 nitrogen and oxygen atoms in total. The predicted molar refractivity (Wildman–Crippen MR) is 123 cm³/mol. The van der Waals surface area contributed by atoms with Gasteiger partial charge in [-0.3, -0.25) is 9.69 Å². The van der Waals surface area contributed by atoms with Gasteiger partial charge in [-0.15, -0.1) is 0 Å². The lowest BCUT2D eigenvalue weighted by molar-refractivity contribution is -0.123. The molecule has 30 heavy (non-hydrogen) atoms. The van der Waals surface area contributed by atoms with Gasteiger partial charge >= 0.3 is 6.03 Å². The van der Waals surface area contributed by atoms with E-state index in [0.29, 0.717) is 6.61 Å². The van der Waals surface area contributed by atoms with Crippen molar-refractivity contribution in [3.8, 4) is 5.75 Å². The summed E-state index contributed by atoms with van der Waals surface area (Å²) in [6, 6.07) is 24.6. The Bertz CT molecular complexity index is 1080. The van der Waals surface area contributed by atoms with E-state index >= 15 is 0 Å². The molecule has 0 saturated carbocycles. The molecule has 150 valence electrons. The van der Waals surface area contributed by atoms with E-state index in [1.54, 1.807) is 6.08 Å². The van der Waals surface area contributed by atoms with Gasteiger partial charge in [0.25, 0.3) is 5.91 Å². The van der Waals surface area contributed by atoms with Crippen LogP contribution in [0.5, 0.6) is 5.75 Å². The van der Waals surface area contributed by atoms with Crippen LogP contribution in [-0.2, 0) is 17.9 Å². The zero-order valence-corrected chi connectivity index (χ0v) is 18.2. The third-order valence-corrected chi connectivity index (χ3v) is 5.37. The summed E-state index contributed by atoms with van der Waals surface area (Å²) >= 11 is 2.27. The Balaban J connectivity index is 1.40. The van der Waals surface area contributed by atoms with Crippen molar-refractivity contribution >= 4 is 40.6 Å². The summed E-state index contributed by atoms with van der Waals surface area (Å²) in [6.45, 7) is 0.731. The molecule has 0 aliphatic carbocycles. The van der Waals surface area contributed by atoms with E-state index in [4.69, 9.17) is 4.74 Å². The van der Waals surface area contributed by atoms with Gasteiger partial charge in [0.2, 0.25) is 0 Å². The number of imide groups is 1. The Morgan fingerprint density at radius 1 is 0.867 bits per heavy atom. The second kappa shape index (κ2) is 9.13. The van der Waals surface area contributed by atoms with Crippen molar-refractivity contribution < 1.29 is 14.3 Å². The Morgan fingerprint density at radius 3 is 2.27 bits per heavy atom. The lowest BCUT2D eigenvalue weighted by Crippen LogP contribution is -2.30. The minimum absolute atomic E-state index is 0.244. The summed E-state index contributed by atoms with van der Waals surface area (Å²) in [5.74, 6) is 0.408. The second-order valence-corrected chi connectivity index (χ2v) is 8.09. The zero-order chi connectivity index (χ0) is 20.9. The van der Waals surface area contributed by atoms with Crippen molar-refractivity contribution in [1.29, 1.82) is 0 Å². The highest BCUT2D eigenvalue weighted by molar-refractivity contribution is 14.1. The molecule has 1 saturated heterocycles. The summed E-state index contributed by atoms with van der Waals surface area (Å²) in [5.41, 5.74) is 3.07. The summed E-state index contributed by atoms with van der Waals surface area (Å²) in [5, 5.41) is 2.65. The molecular formula is C24H19IN2O3. The summed E-state index contributed by atoms with van der Waals surface area (Å²) < 4.78 is 7.00. The average molecular weight is 510 g/mol. The molecule has 0 aromatic heterocycles. The molecule has 1 fully saturated rings. The number of hydrogen-bond acceptors (Lipinski definition) is 3.